The molecule has 1 aromatic carbocycles. The number of amides is 1. The van der Waals surface area contributed by atoms with Crippen LogP contribution in [0.2, 0.25) is 5.02 Å². The van der Waals surface area contributed by atoms with Crippen molar-refractivity contribution >= 4 is 50.8 Å². The smallest absolute Gasteiger partial charge is 0.257 e. The summed E-state index contributed by atoms with van der Waals surface area (Å²) >= 11 is 6.56. The molecule has 0 radical (unpaired) electrons. The van der Waals surface area contributed by atoms with Crippen LogP contribution in [0.4, 0.5) is 10.2 Å². The van der Waals surface area contributed by atoms with Crippen LogP contribution in [0.15, 0.2) is 55.1 Å². The van der Waals surface area contributed by atoms with E-state index in [1.54, 1.807) is 58.1 Å². The number of benzene rings is 1. The van der Waals surface area contributed by atoms with E-state index in [1.165, 1.54) is 12.1 Å². The fourth-order valence-electron chi connectivity index (χ4n) is 4.92. The number of pyridine rings is 2. The van der Waals surface area contributed by atoms with Crippen LogP contribution in [0.1, 0.15) is 40.2 Å². The van der Waals surface area contributed by atoms with Crippen LogP contribution >= 0.6 is 11.6 Å². The molecule has 1 amide bonds. The van der Waals surface area contributed by atoms with Crippen molar-refractivity contribution in [3.63, 3.8) is 0 Å². The average Bonchev–Trinajstić information content (AvgIpc) is 3.60. The van der Waals surface area contributed by atoms with Gasteiger partial charge in [-0.2, -0.15) is 10.2 Å². The molecule has 0 aliphatic heterocycles. The Bertz CT molecular complexity index is 2090. The maximum absolute atomic E-state index is 15.3. The molecule has 0 atom stereocenters. The molecule has 202 valence electrons. The second-order valence-electron chi connectivity index (χ2n) is 9.88. The molecule has 12 heteroatoms. The lowest BCUT2D eigenvalue weighted by Crippen LogP contribution is -2.33. The first-order valence-corrected chi connectivity index (χ1v) is 13.2. The molecule has 5 aromatic heterocycles. The third-order valence-corrected chi connectivity index (χ3v) is 7.43. The lowest BCUT2D eigenvalue weighted by molar-refractivity contribution is 0.0723. The maximum Gasteiger partial charge on any atom is 0.257 e. The number of aromatic nitrogens is 7. The number of hydrogen-bond donors (Lipinski definition) is 1. The van der Waals surface area contributed by atoms with Gasteiger partial charge in [0.15, 0.2) is 5.65 Å². The van der Waals surface area contributed by atoms with E-state index in [0.29, 0.717) is 49.4 Å². The van der Waals surface area contributed by atoms with Crippen LogP contribution in [0.25, 0.3) is 27.5 Å². The molecule has 1 aliphatic carbocycles. The van der Waals surface area contributed by atoms with Gasteiger partial charge in [-0.3, -0.25) is 14.5 Å². The largest absolute Gasteiger partial charge is 0.383 e. The highest BCUT2D eigenvalue weighted by atomic mass is 35.5. The second kappa shape index (κ2) is 9.53. The molecule has 41 heavy (non-hydrogen) atoms. The molecule has 10 nitrogen and oxygen atoms in total. The van der Waals surface area contributed by atoms with Crippen molar-refractivity contribution in [1.29, 1.82) is 0 Å². The molecule has 0 saturated heterocycles. The Hall–Kier alpha value is -5.08. The number of hydrogen-bond acceptors (Lipinski definition) is 7. The molecule has 1 aliphatic rings. The molecular formula is C29H21ClFN9O. The van der Waals surface area contributed by atoms with Gasteiger partial charge in [0.05, 0.1) is 57.2 Å². The zero-order valence-corrected chi connectivity index (χ0v) is 22.5. The van der Waals surface area contributed by atoms with Gasteiger partial charge in [0.1, 0.15) is 17.3 Å². The van der Waals surface area contributed by atoms with Crippen molar-refractivity contribution in [2.45, 2.75) is 25.4 Å². The lowest BCUT2D eigenvalue weighted by Gasteiger charge is -2.23. The van der Waals surface area contributed by atoms with Crippen LogP contribution in [0.3, 0.4) is 0 Å². The molecule has 0 unspecified atom stereocenters. The summed E-state index contributed by atoms with van der Waals surface area (Å²) in [6, 6.07) is 8.09. The zero-order chi connectivity index (χ0) is 28.2. The van der Waals surface area contributed by atoms with Gasteiger partial charge in [-0.05, 0) is 43.0 Å². The number of halogens is 2. The van der Waals surface area contributed by atoms with Crippen molar-refractivity contribution in [2.75, 3.05) is 5.73 Å². The average molecular weight is 566 g/mol. The summed E-state index contributed by atoms with van der Waals surface area (Å²) < 4.78 is 18.6. The lowest BCUT2D eigenvalue weighted by atomic mass is 10.1. The molecule has 5 heterocycles. The summed E-state index contributed by atoms with van der Waals surface area (Å²) in [5, 5.41) is 10.1. The molecule has 7 rings (SSSR count). The standard InChI is InChI=1S/C29H21ClFN9O/c1-38-27-21-10-20(24(31)11-25(21)37-28(32)22(27)14-36-38)29(41)39(18-6-7-18)15-17-9-23(30)16(12-33-17)4-5-19-13-34-26-3-2-8-35-40(19)26/h2-3,8-14,18H,6-7,15H2,1H3,(H2,32,37). The number of anilines is 1. The Balaban J connectivity index is 1.19. The van der Waals surface area contributed by atoms with E-state index < -0.39 is 11.7 Å². The summed E-state index contributed by atoms with van der Waals surface area (Å²) in [6.45, 7) is 0.173. The molecule has 0 spiro atoms. The molecule has 6 aromatic rings. The molecule has 0 bridgehead atoms. The van der Waals surface area contributed by atoms with Gasteiger partial charge in [0.2, 0.25) is 0 Å². The van der Waals surface area contributed by atoms with Gasteiger partial charge in [-0.1, -0.05) is 17.5 Å². The SMILES string of the molecule is Cn1ncc2c(N)nc3cc(F)c(C(=O)N(Cc4cc(Cl)c(C#Cc5cnc6cccnn56)cn4)C4CC4)cc3c21. The van der Waals surface area contributed by atoms with Crippen molar-refractivity contribution < 1.29 is 9.18 Å². The van der Waals surface area contributed by atoms with E-state index in [-0.39, 0.29) is 24.0 Å². The maximum atomic E-state index is 15.3. The first-order valence-electron chi connectivity index (χ1n) is 12.8. The van der Waals surface area contributed by atoms with Gasteiger partial charge in [-0.15, -0.1) is 0 Å². The van der Waals surface area contributed by atoms with E-state index in [2.05, 4.69) is 37.0 Å². The van der Waals surface area contributed by atoms with E-state index in [1.807, 2.05) is 6.07 Å². The van der Waals surface area contributed by atoms with Gasteiger partial charge in [-0.25, -0.2) is 18.9 Å². The first kappa shape index (κ1) is 24.9. The number of fused-ring (bicyclic) bond motifs is 4. The topological polar surface area (TPSA) is 120 Å². The predicted molar refractivity (Wildman–Crippen MR) is 151 cm³/mol. The summed E-state index contributed by atoms with van der Waals surface area (Å²) in [6.07, 6.45) is 8.14. The van der Waals surface area contributed by atoms with E-state index in [4.69, 9.17) is 17.3 Å². The minimum atomic E-state index is -0.667. The summed E-state index contributed by atoms with van der Waals surface area (Å²) in [5.74, 6) is 5.21. The normalized spacial score (nSPS) is 13.0. The Morgan fingerprint density at radius 2 is 2.00 bits per heavy atom. The Morgan fingerprint density at radius 3 is 2.80 bits per heavy atom. The van der Waals surface area contributed by atoms with Crippen molar-refractivity contribution in [3.8, 4) is 11.8 Å². The number of imidazole rings is 1. The summed E-state index contributed by atoms with van der Waals surface area (Å²) in [5.41, 5.74) is 9.46. The van der Waals surface area contributed by atoms with E-state index in [0.717, 1.165) is 12.8 Å². The zero-order valence-electron chi connectivity index (χ0n) is 21.7. The number of carbonyl (C=O) groups excluding carboxylic acids is 1. The molecule has 1 fully saturated rings. The molecule has 1 saturated carbocycles. The highest BCUT2D eigenvalue weighted by Gasteiger charge is 2.35. The van der Waals surface area contributed by atoms with Crippen molar-refractivity contribution in [2.24, 2.45) is 7.05 Å². The highest BCUT2D eigenvalue weighted by Crippen LogP contribution is 2.33. The number of aryl methyl sites for hydroxylation is 1. The predicted octanol–water partition coefficient (Wildman–Crippen LogP) is 4.14. The van der Waals surface area contributed by atoms with Gasteiger partial charge < -0.3 is 10.6 Å². The summed E-state index contributed by atoms with van der Waals surface area (Å²) in [7, 11) is 1.76. The van der Waals surface area contributed by atoms with E-state index >= 15 is 4.39 Å². The summed E-state index contributed by atoms with van der Waals surface area (Å²) in [4.78, 5) is 28.5. The number of nitrogens with zero attached hydrogens (tertiary/aromatic N) is 8. The Morgan fingerprint density at radius 1 is 1.15 bits per heavy atom. The Kier molecular flexibility index (Phi) is 5.80. The first-order chi connectivity index (χ1) is 19.9. The monoisotopic (exact) mass is 565 g/mol. The molecular weight excluding hydrogens is 545 g/mol. The van der Waals surface area contributed by atoms with Gasteiger partial charge in [0, 0.05) is 36.9 Å². The second-order valence-corrected chi connectivity index (χ2v) is 10.3. The molecule has 2 N–H and O–H groups in total. The minimum absolute atomic E-state index is 0.0125. The fourth-order valence-corrected chi connectivity index (χ4v) is 5.14. The quantitative estimate of drug-likeness (QED) is 0.319. The van der Waals surface area contributed by atoms with E-state index in [9.17, 15) is 4.79 Å². The van der Waals surface area contributed by atoms with Crippen molar-refractivity contribution in [3.05, 3.63) is 88.5 Å². The third kappa shape index (κ3) is 4.38. The fraction of sp³-hybridized carbons (Fsp3) is 0.172. The Labute approximate surface area is 237 Å². The number of rotatable bonds is 4. The van der Waals surface area contributed by atoms with Gasteiger partial charge >= 0.3 is 0 Å². The third-order valence-electron chi connectivity index (χ3n) is 7.12. The van der Waals surface area contributed by atoms with Gasteiger partial charge in [0.25, 0.3) is 5.91 Å². The van der Waals surface area contributed by atoms with Crippen LogP contribution in [0.5, 0.6) is 0 Å². The van der Waals surface area contributed by atoms with Crippen LogP contribution in [0, 0.1) is 17.7 Å². The van der Waals surface area contributed by atoms with Crippen LogP contribution in [-0.4, -0.2) is 51.2 Å². The number of carbonyl (C=O) groups is 1. The van der Waals surface area contributed by atoms with Crippen LogP contribution in [-0.2, 0) is 13.6 Å². The van der Waals surface area contributed by atoms with Crippen molar-refractivity contribution in [1.82, 2.24) is 39.2 Å². The van der Waals surface area contributed by atoms with Crippen LogP contribution < -0.4 is 5.73 Å². The minimum Gasteiger partial charge on any atom is -0.383 e. The number of nitrogen functional groups attached to an aromatic ring is 1. The number of nitrogens with two attached hydrogens (primary N) is 1. The highest BCUT2D eigenvalue weighted by molar-refractivity contribution is 6.31.